The van der Waals surface area contributed by atoms with Crippen molar-refractivity contribution < 1.29 is 28.3 Å². The second kappa shape index (κ2) is 11.5. The number of hydrogen-bond acceptors (Lipinski definition) is 6. The zero-order chi connectivity index (χ0) is 28.3. The van der Waals surface area contributed by atoms with Crippen LogP contribution in [0.4, 0.5) is 4.79 Å². The topological polar surface area (TPSA) is 63.2 Å². The minimum Gasteiger partial charge on any atom is -0.497 e. The van der Waals surface area contributed by atoms with Crippen LogP contribution in [-0.4, -0.2) is 38.8 Å². The molecule has 0 bridgehead atoms. The van der Waals surface area contributed by atoms with Crippen molar-refractivity contribution in [1.29, 1.82) is 0 Å². The molecule has 0 aliphatic rings. The highest BCUT2D eigenvalue weighted by molar-refractivity contribution is 7.52. The standard InChI is InChI=1S/C30H45O6P/c1-14-37(13)36-26-22(16-20(33-12)18-24(26)29(5,6)7)21-15-19(32-11)17-23(28(2,3)4)25(21)34-27(31)35-30(8,9)10/h15-18H,14H2,1-13H3. The third-order valence-corrected chi connectivity index (χ3v) is 7.15. The van der Waals surface area contributed by atoms with E-state index in [0.29, 0.717) is 22.8 Å². The Hall–Kier alpha value is -2.46. The monoisotopic (exact) mass is 532 g/mol. The average Bonchev–Trinajstić information content (AvgIpc) is 2.76. The maximum Gasteiger partial charge on any atom is 0.514 e. The van der Waals surface area contributed by atoms with Crippen LogP contribution >= 0.6 is 8.15 Å². The predicted octanol–water partition coefficient (Wildman–Crippen LogP) is 8.71. The number of methoxy groups -OCH3 is 2. The first kappa shape index (κ1) is 30.8. The van der Waals surface area contributed by atoms with Gasteiger partial charge in [-0.2, -0.15) is 0 Å². The van der Waals surface area contributed by atoms with Crippen molar-refractivity contribution in [3.05, 3.63) is 35.4 Å². The molecular formula is C30H45O6P. The van der Waals surface area contributed by atoms with Gasteiger partial charge in [0.25, 0.3) is 0 Å². The fourth-order valence-corrected chi connectivity index (χ4v) is 4.38. The van der Waals surface area contributed by atoms with E-state index in [0.717, 1.165) is 28.6 Å². The molecule has 6 nitrogen and oxygen atoms in total. The van der Waals surface area contributed by atoms with E-state index in [1.165, 1.54) is 0 Å². The SMILES string of the molecule is CCP(C)Oc1c(-c2cc(OC)cc(C(C)(C)C)c2OC(=O)OC(C)(C)C)cc(OC)cc1C(C)(C)C. The normalized spacial score (nSPS) is 13.1. The second-order valence-electron chi connectivity index (χ2n) is 12.2. The zero-order valence-corrected chi connectivity index (χ0v) is 25.8. The van der Waals surface area contributed by atoms with Gasteiger partial charge in [0, 0.05) is 22.3 Å². The van der Waals surface area contributed by atoms with Crippen molar-refractivity contribution in [2.24, 2.45) is 0 Å². The highest BCUT2D eigenvalue weighted by atomic mass is 31.1. The Kier molecular flexibility index (Phi) is 9.57. The van der Waals surface area contributed by atoms with Gasteiger partial charge in [-0.1, -0.05) is 48.5 Å². The van der Waals surface area contributed by atoms with Gasteiger partial charge in [0.05, 0.1) is 22.4 Å². The molecule has 206 valence electrons. The summed E-state index contributed by atoms with van der Waals surface area (Å²) in [5, 5.41) is 0. The number of benzene rings is 2. The van der Waals surface area contributed by atoms with Gasteiger partial charge in [0.1, 0.15) is 28.6 Å². The van der Waals surface area contributed by atoms with E-state index < -0.39 is 19.9 Å². The Morgan fingerprint density at radius 1 is 0.757 bits per heavy atom. The van der Waals surface area contributed by atoms with Gasteiger partial charge >= 0.3 is 6.16 Å². The maximum absolute atomic E-state index is 13.0. The quantitative estimate of drug-likeness (QED) is 0.202. The Balaban J connectivity index is 3.03. The molecule has 0 radical (unpaired) electrons. The maximum atomic E-state index is 13.0. The number of rotatable bonds is 7. The Morgan fingerprint density at radius 2 is 1.19 bits per heavy atom. The highest BCUT2D eigenvalue weighted by Gasteiger charge is 2.31. The van der Waals surface area contributed by atoms with Crippen LogP contribution < -0.4 is 18.7 Å². The van der Waals surface area contributed by atoms with Crippen LogP contribution in [0.15, 0.2) is 24.3 Å². The third kappa shape index (κ3) is 8.01. The van der Waals surface area contributed by atoms with E-state index in [9.17, 15) is 4.79 Å². The molecule has 2 rings (SSSR count). The minimum atomic E-state index is -0.767. The van der Waals surface area contributed by atoms with Gasteiger partial charge in [0.15, 0.2) is 0 Å². The number of hydrogen-bond donors (Lipinski definition) is 0. The molecule has 0 saturated heterocycles. The molecule has 2 aromatic carbocycles. The molecule has 2 aromatic rings. The summed E-state index contributed by atoms with van der Waals surface area (Å²) in [6.45, 7) is 22.3. The van der Waals surface area contributed by atoms with Gasteiger partial charge in [-0.15, -0.1) is 0 Å². The fraction of sp³-hybridized carbons (Fsp3) is 0.567. The predicted molar refractivity (Wildman–Crippen MR) is 153 cm³/mol. The summed E-state index contributed by atoms with van der Waals surface area (Å²) in [6.07, 6.45) is 0.133. The van der Waals surface area contributed by atoms with Gasteiger partial charge in [0.2, 0.25) is 0 Å². The third-order valence-electron chi connectivity index (χ3n) is 5.77. The first-order valence-corrected chi connectivity index (χ1v) is 14.6. The molecule has 0 heterocycles. The lowest BCUT2D eigenvalue weighted by Crippen LogP contribution is -2.27. The Bertz CT molecular complexity index is 1100. The van der Waals surface area contributed by atoms with Gasteiger partial charge < -0.3 is 23.5 Å². The van der Waals surface area contributed by atoms with Crippen LogP contribution in [0.2, 0.25) is 0 Å². The highest BCUT2D eigenvalue weighted by Crippen LogP contribution is 2.51. The van der Waals surface area contributed by atoms with Crippen LogP contribution in [0.3, 0.4) is 0 Å². The van der Waals surface area contributed by atoms with E-state index in [4.69, 9.17) is 23.5 Å². The summed E-state index contributed by atoms with van der Waals surface area (Å²) in [7, 11) is 2.55. The largest absolute Gasteiger partial charge is 0.514 e. The first-order chi connectivity index (χ1) is 16.9. The van der Waals surface area contributed by atoms with Crippen molar-refractivity contribution >= 4 is 14.3 Å². The Morgan fingerprint density at radius 3 is 1.57 bits per heavy atom. The van der Waals surface area contributed by atoms with Crippen LogP contribution in [0.25, 0.3) is 11.1 Å². The van der Waals surface area contributed by atoms with Crippen molar-refractivity contribution in [2.75, 3.05) is 27.0 Å². The van der Waals surface area contributed by atoms with Crippen molar-refractivity contribution in [3.63, 3.8) is 0 Å². The molecule has 0 N–H and O–H groups in total. The minimum absolute atomic E-state index is 0.236. The molecule has 0 amide bonds. The van der Waals surface area contributed by atoms with E-state index in [1.54, 1.807) is 14.2 Å². The molecule has 0 fully saturated rings. The van der Waals surface area contributed by atoms with E-state index >= 15 is 0 Å². The van der Waals surface area contributed by atoms with Crippen LogP contribution in [0.1, 0.15) is 80.4 Å². The van der Waals surface area contributed by atoms with Gasteiger partial charge in [-0.25, -0.2) is 4.79 Å². The van der Waals surface area contributed by atoms with Gasteiger partial charge in [-0.3, -0.25) is 0 Å². The molecule has 0 aliphatic heterocycles. The molecular weight excluding hydrogens is 487 g/mol. The second-order valence-corrected chi connectivity index (χ2v) is 14.3. The zero-order valence-electron chi connectivity index (χ0n) is 24.9. The lowest BCUT2D eigenvalue weighted by Gasteiger charge is -2.30. The Labute approximate surface area is 224 Å². The summed E-state index contributed by atoms with van der Waals surface area (Å²) < 4.78 is 29.6. The molecule has 0 spiro atoms. The lowest BCUT2D eigenvalue weighted by atomic mass is 9.81. The smallest absolute Gasteiger partial charge is 0.497 e. The summed E-state index contributed by atoms with van der Waals surface area (Å²) in [6, 6.07) is 7.75. The molecule has 0 aliphatic carbocycles. The molecule has 37 heavy (non-hydrogen) atoms. The summed E-state index contributed by atoms with van der Waals surface area (Å²) in [5.41, 5.74) is 1.97. The molecule has 0 saturated carbocycles. The fourth-order valence-electron chi connectivity index (χ4n) is 3.74. The molecule has 1 atom stereocenters. The first-order valence-electron chi connectivity index (χ1n) is 12.7. The average molecular weight is 533 g/mol. The van der Waals surface area contributed by atoms with Crippen LogP contribution in [-0.2, 0) is 15.6 Å². The summed E-state index contributed by atoms with van der Waals surface area (Å²) in [4.78, 5) is 13.0. The van der Waals surface area contributed by atoms with E-state index in [1.807, 2.05) is 45.0 Å². The van der Waals surface area contributed by atoms with Crippen molar-refractivity contribution in [1.82, 2.24) is 0 Å². The van der Waals surface area contributed by atoms with Crippen LogP contribution in [0, 0.1) is 0 Å². The van der Waals surface area contributed by atoms with Gasteiger partial charge in [-0.05, 0) is 68.7 Å². The lowest BCUT2D eigenvalue weighted by molar-refractivity contribution is 0.0204. The van der Waals surface area contributed by atoms with E-state index in [-0.39, 0.29) is 10.8 Å². The number of ether oxygens (including phenoxy) is 4. The van der Waals surface area contributed by atoms with Crippen molar-refractivity contribution in [2.45, 2.75) is 85.7 Å². The van der Waals surface area contributed by atoms with E-state index in [2.05, 4.69) is 55.1 Å². The molecule has 0 aromatic heterocycles. The van der Waals surface area contributed by atoms with Crippen LogP contribution in [0.5, 0.6) is 23.0 Å². The molecule has 1 unspecified atom stereocenters. The van der Waals surface area contributed by atoms with Crippen molar-refractivity contribution in [3.8, 4) is 34.1 Å². The molecule has 7 heteroatoms. The summed E-state index contributed by atoms with van der Waals surface area (Å²) >= 11 is 0. The number of carbonyl (C=O) groups excluding carboxylic acids is 1. The number of carbonyl (C=O) groups is 1. The summed E-state index contributed by atoms with van der Waals surface area (Å²) in [5.74, 6) is 2.51.